The Morgan fingerprint density at radius 3 is 2.41 bits per heavy atom. The summed E-state index contributed by atoms with van der Waals surface area (Å²) in [7, 11) is -2.04. The topological polar surface area (TPSA) is 66.5 Å². The van der Waals surface area contributed by atoms with E-state index in [9.17, 15) is 13.2 Å². The minimum absolute atomic E-state index is 0.188. The van der Waals surface area contributed by atoms with E-state index in [1.807, 2.05) is 18.2 Å². The number of piperidine rings is 1. The molecule has 2 aromatic rings. The number of aryl methyl sites for hydroxylation is 1. The second-order valence-electron chi connectivity index (χ2n) is 7.09. The number of rotatable bonds is 5. The van der Waals surface area contributed by atoms with Crippen LogP contribution in [0.2, 0.25) is 0 Å². The monoisotopic (exact) mass is 386 g/mol. The first-order valence-electron chi connectivity index (χ1n) is 9.28. The zero-order valence-corrected chi connectivity index (χ0v) is 16.6. The van der Waals surface area contributed by atoms with Crippen LogP contribution in [-0.4, -0.2) is 38.8 Å². The Balaban J connectivity index is 1.71. The fourth-order valence-electron chi connectivity index (χ4n) is 3.59. The quantitative estimate of drug-likeness (QED) is 0.859. The molecule has 0 aromatic heterocycles. The number of carbonyl (C=O) groups excluding carboxylic acids is 1. The lowest BCUT2D eigenvalue weighted by molar-refractivity contribution is 0.0962. The minimum atomic E-state index is -3.59. The second kappa shape index (κ2) is 8.23. The predicted molar refractivity (Wildman–Crippen MR) is 106 cm³/mol. The largest absolute Gasteiger partial charge is 0.355 e. The van der Waals surface area contributed by atoms with Crippen LogP contribution in [0.5, 0.6) is 0 Å². The first kappa shape index (κ1) is 19.6. The highest BCUT2D eigenvalue weighted by atomic mass is 32.2. The molecule has 0 atom stereocenters. The lowest BCUT2D eigenvalue weighted by atomic mass is 9.91. The van der Waals surface area contributed by atoms with E-state index in [1.165, 1.54) is 11.6 Å². The van der Waals surface area contributed by atoms with Crippen LogP contribution in [0.15, 0.2) is 53.4 Å². The minimum Gasteiger partial charge on any atom is -0.355 e. The lowest BCUT2D eigenvalue weighted by Gasteiger charge is -2.31. The summed E-state index contributed by atoms with van der Waals surface area (Å²) in [4.78, 5) is 12.2. The van der Waals surface area contributed by atoms with Crippen LogP contribution < -0.4 is 5.32 Å². The van der Waals surface area contributed by atoms with Gasteiger partial charge in [-0.15, -0.1) is 0 Å². The summed E-state index contributed by atoms with van der Waals surface area (Å²) in [5.74, 6) is 0.226. The third-order valence-electron chi connectivity index (χ3n) is 5.26. The molecule has 1 aliphatic heterocycles. The van der Waals surface area contributed by atoms with Gasteiger partial charge in [-0.25, -0.2) is 8.42 Å². The SMILES string of the molecule is CNC(=O)c1cc(S(=O)(=O)N2CCC(Cc3ccccc3)CC2)ccc1C. The average Bonchev–Trinajstić information content (AvgIpc) is 2.69. The number of hydrogen-bond donors (Lipinski definition) is 1. The second-order valence-corrected chi connectivity index (χ2v) is 9.03. The Morgan fingerprint density at radius 1 is 1.11 bits per heavy atom. The Kier molecular flexibility index (Phi) is 5.97. The molecule has 1 N–H and O–H groups in total. The van der Waals surface area contributed by atoms with Crippen LogP contribution in [0.3, 0.4) is 0 Å². The zero-order valence-electron chi connectivity index (χ0n) is 15.8. The van der Waals surface area contributed by atoms with Crippen molar-refractivity contribution in [1.29, 1.82) is 0 Å². The fourth-order valence-corrected chi connectivity index (χ4v) is 5.09. The summed E-state index contributed by atoms with van der Waals surface area (Å²) in [6.45, 7) is 2.84. The molecule has 0 saturated carbocycles. The number of hydrogen-bond acceptors (Lipinski definition) is 3. The molecule has 1 amide bonds. The van der Waals surface area contributed by atoms with Gasteiger partial charge in [0.05, 0.1) is 4.90 Å². The molecule has 0 aliphatic carbocycles. The summed E-state index contributed by atoms with van der Waals surface area (Å²) >= 11 is 0. The van der Waals surface area contributed by atoms with Crippen molar-refractivity contribution in [2.75, 3.05) is 20.1 Å². The van der Waals surface area contributed by atoms with E-state index >= 15 is 0 Å². The smallest absolute Gasteiger partial charge is 0.251 e. The van der Waals surface area contributed by atoms with Gasteiger partial charge in [-0.1, -0.05) is 36.4 Å². The standard InChI is InChI=1S/C21H26N2O3S/c1-16-8-9-19(15-20(16)21(24)22-2)27(25,26)23-12-10-18(11-13-23)14-17-6-4-3-5-7-17/h3-9,15,18H,10-14H2,1-2H3,(H,22,24). The van der Waals surface area contributed by atoms with Gasteiger partial charge in [0.2, 0.25) is 10.0 Å². The summed E-state index contributed by atoms with van der Waals surface area (Å²) in [6, 6.07) is 15.1. The molecule has 0 bridgehead atoms. The van der Waals surface area contributed by atoms with E-state index in [-0.39, 0.29) is 10.8 Å². The number of carbonyl (C=O) groups is 1. The molecule has 1 heterocycles. The summed E-state index contributed by atoms with van der Waals surface area (Å²) in [6.07, 6.45) is 2.69. The van der Waals surface area contributed by atoms with Crippen molar-refractivity contribution in [2.45, 2.75) is 31.1 Å². The van der Waals surface area contributed by atoms with Crippen molar-refractivity contribution in [3.63, 3.8) is 0 Å². The number of sulfonamides is 1. The summed E-state index contributed by atoms with van der Waals surface area (Å²) in [5, 5.41) is 2.56. The van der Waals surface area contributed by atoms with E-state index in [4.69, 9.17) is 0 Å². The molecule has 2 aromatic carbocycles. The van der Waals surface area contributed by atoms with E-state index < -0.39 is 10.0 Å². The maximum Gasteiger partial charge on any atom is 0.251 e. The van der Waals surface area contributed by atoms with Crippen molar-refractivity contribution in [1.82, 2.24) is 9.62 Å². The molecule has 0 spiro atoms. The Morgan fingerprint density at radius 2 is 1.78 bits per heavy atom. The molecule has 1 fully saturated rings. The molecular weight excluding hydrogens is 360 g/mol. The highest BCUT2D eigenvalue weighted by Gasteiger charge is 2.30. The molecule has 1 saturated heterocycles. The third kappa shape index (κ3) is 4.39. The maximum absolute atomic E-state index is 13.0. The summed E-state index contributed by atoms with van der Waals surface area (Å²) < 4.78 is 27.6. The van der Waals surface area contributed by atoms with Crippen LogP contribution in [0, 0.1) is 12.8 Å². The Bertz CT molecular complexity index is 902. The van der Waals surface area contributed by atoms with Gasteiger partial charge in [0.15, 0.2) is 0 Å². The van der Waals surface area contributed by atoms with Crippen molar-refractivity contribution >= 4 is 15.9 Å². The van der Waals surface area contributed by atoms with Crippen molar-refractivity contribution in [3.05, 3.63) is 65.2 Å². The Labute approximate surface area is 161 Å². The molecule has 0 radical (unpaired) electrons. The number of nitrogens with one attached hydrogen (secondary N) is 1. The molecule has 3 rings (SSSR count). The van der Waals surface area contributed by atoms with Gasteiger partial charge in [0.25, 0.3) is 5.91 Å². The normalized spacial score (nSPS) is 16.2. The average molecular weight is 387 g/mol. The van der Waals surface area contributed by atoms with E-state index in [1.54, 1.807) is 30.4 Å². The zero-order chi connectivity index (χ0) is 19.4. The van der Waals surface area contributed by atoms with Gasteiger partial charge in [-0.05, 0) is 55.4 Å². The highest BCUT2D eigenvalue weighted by Crippen LogP contribution is 2.27. The van der Waals surface area contributed by atoms with Crippen LogP contribution in [-0.2, 0) is 16.4 Å². The summed E-state index contributed by atoms with van der Waals surface area (Å²) in [5.41, 5.74) is 2.46. The third-order valence-corrected chi connectivity index (χ3v) is 7.15. The van der Waals surface area contributed by atoms with E-state index in [2.05, 4.69) is 17.4 Å². The van der Waals surface area contributed by atoms with Crippen LogP contribution in [0.1, 0.15) is 34.3 Å². The van der Waals surface area contributed by atoms with Gasteiger partial charge < -0.3 is 5.32 Å². The van der Waals surface area contributed by atoms with Gasteiger partial charge >= 0.3 is 0 Å². The van der Waals surface area contributed by atoms with Gasteiger partial charge in [-0.2, -0.15) is 4.31 Å². The molecule has 144 valence electrons. The highest BCUT2D eigenvalue weighted by molar-refractivity contribution is 7.89. The molecule has 5 nitrogen and oxygen atoms in total. The van der Waals surface area contributed by atoms with Crippen LogP contribution in [0.25, 0.3) is 0 Å². The number of nitrogens with zero attached hydrogens (tertiary/aromatic N) is 1. The van der Waals surface area contributed by atoms with Crippen LogP contribution in [0.4, 0.5) is 0 Å². The maximum atomic E-state index is 13.0. The molecule has 1 aliphatic rings. The van der Waals surface area contributed by atoms with E-state index in [0.29, 0.717) is 24.6 Å². The van der Waals surface area contributed by atoms with Crippen LogP contribution >= 0.6 is 0 Å². The molecule has 27 heavy (non-hydrogen) atoms. The first-order valence-corrected chi connectivity index (χ1v) is 10.7. The fraction of sp³-hybridized carbons (Fsp3) is 0.381. The van der Waals surface area contributed by atoms with Crippen molar-refractivity contribution in [3.8, 4) is 0 Å². The van der Waals surface area contributed by atoms with Gasteiger partial charge in [0.1, 0.15) is 0 Å². The van der Waals surface area contributed by atoms with Gasteiger partial charge in [0, 0.05) is 25.7 Å². The van der Waals surface area contributed by atoms with E-state index in [0.717, 1.165) is 24.8 Å². The van der Waals surface area contributed by atoms with Crippen molar-refractivity contribution in [2.24, 2.45) is 5.92 Å². The predicted octanol–water partition coefficient (Wildman–Crippen LogP) is 3.00. The lowest BCUT2D eigenvalue weighted by Crippen LogP contribution is -2.39. The first-order chi connectivity index (χ1) is 12.9. The number of benzene rings is 2. The molecular formula is C21H26N2O3S. The molecule has 0 unspecified atom stereocenters. The van der Waals surface area contributed by atoms with Crippen molar-refractivity contribution < 1.29 is 13.2 Å². The molecule has 6 heteroatoms. The Hall–Kier alpha value is -2.18. The van der Waals surface area contributed by atoms with Gasteiger partial charge in [-0.3, -0.25) is 4.79 Å². The number of amides is 1.